The number of quaternary nitrogens is 1. The normalized spacial score (nSPS) is 13.5. The van der Waals surface area contributed by atoms with Crippen LogP contribution in [-0.4, -0.2) is 87.4 Å². The van der Waals surface area contributed by atoms with Crippen LogP contribution in [0.1, 0.15) is 206 Å². The lowest BCUT2D eigenvalue weighted by atomic mass is 10.0. The van der Waals surface area contributed by atoms with Gasteiger partial charge < -0.3 is 28.5 Å². The van der Waals surface area contributed by atoms with Crippen molar-refractivity contribution in [2.24, 2.45) is 0 Å². The summed E-state index contributed by atoms with van der Waals surface area (Å²) in [6.45, 7) is 4.71. The third-order valence-electron chi connectivity index (χ3n) is 11.1. The van der Waals surface area contributed by atoms with Gasteiger partial charge in [0.2, 0.25) is 0 Å². The highest BCUT2D eigenvalue weighted by molar-refractivity contribution is 5.71. The third-order valence-corrected chi connectivity index (χ3v) is 11.1. The maximum Gasteiger partial charge on any atom is 0.361 e. The molecule has 384 valence electrons. The summed E-state index contributed by atoms with van der Waals surface area (Å²) >= 11 is 0. The van der Waals surface area contributed by atoms with Crippen LogP contribution in [0.4, 0.5) is 0 Å². The van der Waals surface area contributed by atoms with Crippen LogP contribution in [0.2, 0.25) is 0 Å². The molecule has 9 heteroatoms. The Hall–Kier alpha value is -3.53. The number of unbranched alkanes of at least 4 members (excludes halogenated alkanes) is 19. The number of carboxylic acids is 1. The molecular weight excluding hydrogens is 839 g/mol. The van der Waals surface area contributed by atoms with E-state index in [0.717, 1.165) is 103 Å². The van der Waals surface area contributed by atoms with Crippen molar-refractivity contribution in [3.8, 4) is 0 Å². The number of ether oxygens (including phenoxy) is 4. The van der Waals surface area contributed by atoms with Crippen molar-refractivity contribution in [1.82, 2.24) is 0 Å². The quantitative estimate of drug-likeness (QED) is 0.0211. The van der Waals surface area contributed by atoms with E-state index in [2.05, 4.69) is 98.9 Å². The summed E-state index contributed by atoms with van der Waals surface area (Å²) in [4.78, 5) is 37.3. The average Bonchev–Trinajstić information content (AvgIpc) is 3.29. The summed E-state index contributed by atoms with van der Waals surface area (Å²) in [6, 6.07) is 0. The maximum absolute atomic E-state index is 12.8. The molecule has 0 aromatic rings. The Bertz CT molecular complexity index is 1370. The molecule has 0 saturated heterocycles. The highest BCUT2D eigenvalue weighted by Gasteiger charge is 2.25. The molecular formula is C58H100NO8+. The number of hydrogen-bond donors (Lipinski definition) is 1. The van der Waals surface area contributed by atoms with Crippen molar-refractivity contribution in [2.75, 3.05) is 47.5 Å². The van der Waals surface area contributed by atoms with E-state index in [-0.39, 0.29) is 38.6 Å². The average molecular weight is 939 g/mol. The molecule has 9 nitrogen and oxygen atoms in total. The molecule has 0 heterocycles. The lowest BCUT2D eigenvalue weighted by Crippen LogP contribution is -2.40. The molecule has 0 spiro atoms. The van der Waals surface area contributed by atoms with Crippen molar-refractivity contribution < 1.29 is 42.9 Å². The number of aliphatic carboxylic acids is 1. The second-order valence-electron chi connectivity index (χ2n) is 18.8. The Morgan fingerprint density at radius 2 is 0.851 bits per heavy atom. The van der Waals surface area contributed by atoms with E-state index in [1.807, 2.05) is 21.1 Å². The van der Waals surface area contributed by atoms with Gasteiger partial charge in [0.1, 0.15) is 13.2 Å². The van der Waals surface area contributed by atoms with Crippen molar-refractivity contribution in [3.05, 3.63) is 85.1 Å². The van der Waals surface area contributed by atoms with Gasteiger partial charge in [-0.2, -0.15) is 0 Å². The summed E-state index contributed by atoms with van der Waals surface area (Å²) in [5.41, 5.74) is 0. The van der Waals surface area contributed by atoms with Crippen LogP contribution in [0.5, 0.6) is 0 Å². The second kappa shape index (κ2) is 48.9. The fraction of sp³-hybridized carbons (Fsp3) is 0.707. The van der Waals surface area contributed by atoms with Crippen molar-refractivity contribution in [2.45, 2.75) is 219 Å². The van der Waals surface area contributed by atoms with Gasteiger partial charge >= 0.3 is 17.9 Å². The van der Waals surface area contributed by atoms with Crippen LogP contribution >= 0.6 is 0 Å². The lowest BCUT2D eigenvalue weighted by Gasteiger charge is -2.25. The number of carbonyl (C=O) groups is 3. The van der Waals surface area contributed by atoms with E-state index >= 15 is 0 Å². The highest BCUT2D eigenvalue weighted by Crippen LogP contribution is 2.15. The van der Waals surface area contributed by atoms with Gasteiger partial charge in [-0.05, 0) is 89.9 Å². The molecule has 0 bridgehead atoms. The molecule has 0 fully saturated rings. The van der Waals surface area contributed by atoms with Gasteiger partial charge in [-0.3, -0.25) is 9.59 Å². The molecule has 0 radical (unpaired) electrons. The predicted octanol–water partition coefficient (Wildman–Crippen LogP) is 15.2. The maximum atomic E-state index is 12.8. The monoisotopic (exact) mass is 939 g/mol. The van der Waals surface area contributed by atoms with Crippen LogP contribution < -0.4 is 0 Å². The largest absolute Gasteiger partial charge is 0.477 e. The molecule has 67 heavy (non-hydrogen) atoms. The van der Waals surface area contributed by atoms with E-state index < -0.39 is 24.3 Å². The first-order valence-electron chi connectivity index (χ1n) is 26.8. The van der Waals surface area contributed by atoms with E-state index in [0.29, 0.717) is 17.4 Å². The number of rotatable bonds is 48. The summed E-state index contributed by atoms with van der Waals surface area (Å²) in [5.74, 6) is -2.03. The predicted molar refractivity (Wildman–Crippen MR) is 281 cm³/mol. The number of carbonyl (C=O) groups excluding carboxylic acids is 2. The van der Waals surface area contributed by atoms with Gasteiger partial charge in [0, 0.05) is 12.8 Å². The molecule has 1 N–H and O–H groups in total. The molecule has 0 saturated carbocycles. The van der Waals surface area contributed by atoms with Crippen molar-refractivity contribution in [1.29, 1.82) is 0 Å². The molecule has 2 atom stereocenters. The number of esters is 2. The van der Waals surface area contributed by atoms with Crippen LogP contribution in [0.3, 0.4) is 0 Å². The zero-order valence-electron chi connectivity index (χ0n) is 43.5. The second-order valence-corrected chi connectivity index (χ2v) is 18.8. The zero-order valence-corrected chi connectivity index (χ0v) is 43.5. The van der Waals surface area contributed by atoms with Gasteiger partial charge in [-0.1, -0.05) is 189 Å². The Labute approximate surface area is 410 Å². The fourth-order valence-electron chi connectivity index (χ4n) is 7.01. The first-order valence-corrected chi connectivity index (χ1v) is 26.8. The van der Waals surface area contributed by atoms with Gasteiger partial charge in [0.25, 0.3) is 6.29 Å². The Balaban J connectivity index is 4.29. The van der Waals surface area contributed by atoms with E-state index in [9.17, 15) is 19.5 Å². The number of carboxylic acid groups (broad SMARTS) is 1. The standard InChI is InChI=1S/C58H99NO8/c1-6-8-10-12-14-16-18-20-22-23-24-25-26-27-28-29-30-31-32-33-35-37-39-41-43-45-47-49-56(61)67-54(53-66-58(57(62)63)64-51-50-59(3,4)5)52-65-55(60)48-46-44-42-40-38-36-34-21-19-17-15-13-11-9-7-2/h8,10,14-17,20-22,24-25,27-28,34,54,58H,6-7,9,11-13,18-19,23,26,29-33,35-53H2,1-5H3/p+1/b10-8-,16-14-,17-15-,22-20-,25-24-,28-27-,34-21-. The number of likely N-dealkylation sites (N-methyl/N-ethyl adjacent to an activating group) is 1. The molecule has 0 aromatic heterocycles. The zero-order chi connectivity index (χ0) is 49.2. The van der Waals surface area contributed by atoms with Crippen LogP contribution in [0.15, 0.2) is 85.1 Å². The lowest BCUT2D eigenvalue weighted by molar-refractivity contribution is -0.870. The smallest absolute Gasteiger partial charge is 0.361 e. The molecule has 0 aliphatic rings. The minimum Gasteiger partial charge on any atom is -0.477 e. The molecule has 2 unspecified atom stereocenters. The van der Waals surface area contributed by atoms with Gasteiger partial charge in [0.15, 0.2) is 6.10 Å². The van der Waals surface area contributed by atoms with E-state index in [4.69, 9.17) is 18.9 Å². The Kier molecular flexibility index (Phi) is 46.3. The van der Waals surface area contributed by atoms with E-state index in [1.54, 1.807) is 0 Å². The SMILES string of the molecule is CC/C=C\C/C=C\C/C=C\C/C=C\C/C=C\CCCCCCCCCCCCCC(=O)OC(COC(=O)CCCCCCC/C=C\C/C=C\CCCCC)COC(OCC[N+](C)(C)C)C(=O)O. The molecule has 0 rings (SSSR count). The van der Waals surface area contributed by atoms with Crippen molar-refractivity contribution >= 4 is 17.9 Å². The first-order chi connectivity index (χ1) is 32.6. The molecule has 0 aliphatic heterocycles. The van der Waals surface area contributed by atoms with Crippen LogP contribution in [0.25, 0.3) is 0 Å². The summed E-state index contributed by atoms with van der Waals surface area (Å²) in [5, 5.41) is 9.68. The summed E-state index contributed by atoms with van der Waals surface area (Å²) in [6.07, 6.45) is 60.8. The molecule has 0 aliphatic carbocycles. The summed E-state index contributed by atoms with van der Waals surface area (Å²) in [7, 11) is 5.95. The number of allylic oxidation sites excluding steroid dienone is 14. The third kappa shape index (κ3) is 50.2. The van der Waals surface area contributed by atoms with Crippen LogP contribution in [0, 0.1) is 0 Å². The topological polar surface area (TPSA) is 108 Å². The Morgan fingerprint density at radius 3 is 1.27 bits per heavy atom. The number of hydrogen-bond acceptors (Lipinski definition) is 7. The van der Waals surface area contributed by atoms with Gasteiger partial charge in [0.05, 0.1) is 34.4 Å². The first kappa shape index (κ1) is 63.5. The molecule has 0 aromatic carbocycles. The minimum atomic E-state index is -1.52. The summed E-state index contributed by atoms with van der Waals surface area (Å²) < 4.78 is 22.8. The Morgan fingerprint density at radius 1 is 0.463 bits per heavy atom. The van der Waals surface area contributed by atoms with E-state index in [1.165, 1.54) is 70.6 Å². The van der Waals surface area contributed by atoms with Crippen molar-refractivity contribution in [3.63, 3.8) is 0 Å². The van der Waals surface area contributed by atoms with Gasteiger partial charge in [-0.25, -0.2) is 4.79 Å². The van der Waals surface area contributed by atoms with Crippen LogP contribution in [-0.2, 0) is 33.3 Å². The number of nitrogens with zero attached hydrogens (tertiary/aromatic N) is 1. The highest BCUT2D eigenvalue weighted by atomic mass is 16.7. The van der Waals surface area contributed by atoms with Gasteiger partial charge in [-0.15, -0.1) is 0 Å². The minimum absolute atomic E-state index is 0.181. The molecule has 0 amide bonds. The fourth-order valence-corrected chi connectivity index (χ4v) is 7.01.